The zero-order chi connectivity index (χ0) is 16.7. The molecule has 0 bridgehead atoms. The Balaban J connectivity index is 1.80. The molecule has 1 saturated heterocycles. The van der Waals surface area contributed by atoms with Gasteiger partial charge in [-0.2, -0.15) is 0 Å². The lowest BCUT2D eigenvalue weighted by Gasteiger charge is -2.27. The fraction of sp³-hybridized carbons (Fsp3) is 0.611. The Labute approximate surface area is 137 Å². The van der Waals surface area contributed by atoms with Crippen LogP contribution < -0.4 is 10.6 Å². The summed E-state index contributed by atoms with van der Waals surface area (Å²) in [7, 11) is 1.54. The lowest BCUT2D eigenvalue weighted by molar-refractivity contribution is -0.122. The molecule has 23 heavy (non-hydrogen) atoms. The molecule has 0 radical (unpaired) electrons. The van der Waals surface area contributed by atoms with Crippen molar-refractivity contribution in [2.75, 3.05) is 20.2 Å². The van der Waals surface area contributed by atoms with E-state index in [4.69, 9.17) is 4.74 Å². The van der Waals surface area contributed by atoms with Crippen molar-refractivity contribution in [1.29, 1.82) is 0 Å². The summed E-state index contributed by atoms with van der Waals surface area (Å²) in [4.78, 5) is 12.1. The van der Waals surface area contributed by atoms with Gasteiger partial charge in [-0.15, -0.1) is 0 Å². The van der Waals surface area contributed by atoms with Crippen LogP contribution in [0.1, 0.15) is 37.3 Å². The molecule has 1 fully saturated rings. The van der Waals surface area contributed by atoms with Crippen LogP contribution in [0.2, 0.25) is 0 Å². The SMILES string of the molecule is COCc1cc(CNC(=O)CC(C)C2CCNCC2)ccc1F. The van der Waals surface area contributed by atoms with E-state index in [9.17, 15) is 9.18 Å². The lowest BCUT2D eigenvalue weighted by atomic mass is 9.84. The molecule has 1 aromatic carbocycles. The maximum Gasteiger partial charge on any atom is 0.220 e. The van der Waals surface area contributed by atoms with E-state index in [2.05, 4.69) is 17.6 Å². The monoisotopic (exact) mass is 322 g/mol. The van der Waals surface area contributed by atoms with Gasteiger partial charge in [0.1, 0.15) is 5.82 Å². The first kappa shape index (κ1) is 17.9. The minimum atomic E-state index is -0.276. The van der Waals surface area contributed by atoms with Gasteiger partial charge in [-0.3, -0.25) is 4.79 Å². The molecule has 4 nitrogen and oxygen atoms in total. The lowest BCUT2D eigenvalue weighted by Crippen LogP contribution is -2.33. The summed E-state index contributed by atoms with van der Waals surface area (Å²) in [5, 5.41) is 6.29. The molecule has 1 aliphatic rings. The van der Waals surface area contributed by atoms with Gasteiger partial charge in [0, 0.05) is 25.6 Å². The van der Waals surface area contributed by atoms with E-state index < -0.39 is 0 Å². The molecule has 2 rings (SSSR count). The summed E-state index contributed by atoms with van der Waals surface area (Å²) < 4.78 is 18.5. The molecule has 0 saturated carbocycles. The fourth-order valence-corrected chi connectivity index (χ4v) is 3.15. The Kier molecular flexibility index (Phi) is 6.99. The van der Waals surface area contributed by atoms with Gasteiger partial charge >= 0.3 is 0 Å². The van der Waals surface area contributed by atoms with Crippen molar-refractivity contribution in [3.8, 4) is 0 Å². The fourth-order valence-electron chi connectivity index (χ4n) is 3.15. The highest BCUT2D eigenvalue weighted by Crippen LogP contribution is 2.24. The van der Waals surface area contributed by atoms with Gasteiger partial charge in [-0.25, -0.2) is 4.39 Å². The van der Waals surface area contributed by atoms with Crippen molar-refractivity contribution >= 4 is 5.91 Å². The third kappa shape index (κ3) is 5.59. The normalized spacial score (nSPS) is 17.0. The van der Waals surface area contributed by atoms with Crippen LogP contribution in [0, 0.1) is 17.7 Å². The zero-order valence-electron chi connectivity index (χ0n) is 14.0. The smallest absolute Gasteiger partial charge is 0.220 e. The van der Waals surface area contributed by atoms with Crippen LogP contribution in [0.3, 0.4) is 0 Å². The van der Waals surface area contributed by atoms with Crippen LogP contribution in [0.4, 0.5) is 4.39 Å². The molecule has 0 aromatic heterocycles. The van der Waals surface area contributed by atoms with Crippen LogP contribution in [0.5, 0.6) is 0 Å². The van der Waals surface area contributed by atoms with Gasteiger partial charge in [0.25, 0.3) is 0 Å². The second-order valence-corrected chi connectivity index (χ2v) is 6.40. The number of benzene rings is 1. The molecular formula is C18H27FN2O2. The molecule has 1 atom stereocenters. The minimum absolute atomic E-state index is 0.0636. The number of amides is 1. The largest absolute Gasteiger partial charge is 0.380 e. The summed E-state index contributed by atoms with van der Waals surface area (Å²) in [6.07, 6.45) is 2.84. The number of hydrogen-bond donors (Lipinski definition) is 2. The molecule has 128 valence electrons. The molecule has 1 heterocycles. The van der Waals surface area contributed by atoms with Gasteiger partial charge in [0.05, 0.1) is 6.61 Å². The number of hydrogen-bond acceptors (Lipinski definition) is 3. The Morgan fingerprint density at radius 2 is 2.17 bits per heavy atom. The van der Waals surface area contributed by atoms with Crippen molar-refractivity contribution in [3.05, 3.63) is 35.1 Å². The van der Waals surface area contributed by atoms with Crippen LogP contribution >= 0.6 is 0 Å². The summed E-state index contributed by atoms with van der Waals surface area (Å²) >= 11 is 0. The highest BCUT2D eigenvalue weighted by atomic mass is 19.1. The number of carbonyl (C=O) groups is 1. The summed E-state index contributed by atoms with van der Waals surface area (Å²) in [5.41, 5.74) is 1.41. The van der Waals surface area contributed by atoms with E-state index >= 15 is 0 Å². The minimum Gasteiger partial charge on any atom is -0.380 e. The number of nitrogens with one attached hydrogen (secondary N) is 2. The third-order valence-corrected chi connectivity index (χ3v) is 4.60. The molecule has 5 heteroatoms. The standard InChI is InChI=1S/C18H27FN2O2/c1-13(15-5-7-20-8-6-15)9-18(22)21-11-14-3-4-17(19)16(10-14)12-23-2/h3-4,10,13,15,20H,5-9,11-12H2,1-2H3,(H,21,22). The summed E-state index contributed by atoms with van der Waals surface area (Å²) in [5.74, 6) is 0.811. The van der Waals surface area contributed by atoms with Gasteiger partial charge in [-0.05, 0) is 55.5 Å². The highest BCUT2D eigenvalue weighted by molar-refractivity contribution is 5.76. The average Bonchev–Trinajstić information content (AvgIpc) is 2.56. The molecule has 0 aliphatic carbocycles. The van der Waals surface area contributed by atoms with E-state index in [1.807, 2.05) is 0 Å². The number of methoxy groups -OCH3 is 1. The molecule has 2 N–H and O–H groups in total. The summed E-state index contributed by atoms with van der Waals surface area (Å²) in [6.45, 7) is 4.92. The van der Waals surface area contributed by atoms with Gasteiger partial charge in [-0.1, -0.05) is 13.0 Å². The van der Waals surface area contributed by atoms with Crippen LogP contribution in [-0.2, 0) is 22.7 Å². The molecular weight excluding hydrogens is 295 g/mol. The second-order valence-electron chi connectivity index (χ2n) is 6.40. The first-order valence-electron chi connectivity index (χ1n) is 8.33. The number of halogens is 1. The third-order valence-electron chi connectivity index (χ3n) is 4.60. The number of rotatable bonds is 7. The van der Waals surface area contributed by atoms with E-state index in [1.165, 1.54) is 13.2 Å². The quantitative estimate of drug-likeness (QED) is 0.811. The average molecular weight is 322 g/mol. The summed E-state index contributed by atoms with van der Waals surface area (Å²) in [6, 6.07) is 4.87. The number of ether oxygens (including phenoxy) is 1. The van der Waals surface area contributed by atoms with E-state index in [0.29, 0.717) is 30.4 Å². The molecule has 1 aliphatic heterocycles. The van der Waals surface area contributed by atoms with Crippen molar-refractivity contribution < 1.29 is 13.9 Å². The predicted molar refractivity (Wildman–Crippen MR) is 88.3 cm³/mol. The zero-order valence-corrected chi connectivity index (χ0v) is 14.0. The maximum absolute atomic E-state index is 13.6. The Bertz CT molecular complexity index is 516. The van der Waals surface area contributed by atoms with Gasteiger partial charge < -0.3 is 15.4 Å². The predicted octanol–water partition coefficient (Wildman–Crippen LogP) is 2.61. The van der Waals surface area contributed by atoms with Crippen molar-refractivity contribution in [3.63, 3.8) is 0 Å². The Morgan fingerprint density at radius 3 is 2.87 bits per heavy atom. The number of carbonyl (C=O) groups excluding carboxylic acids is 1. The molecule has 1 amide bonds. The van der Waals surface area contributed by atoms with Crippen molar-refractivity contribution in [2.45, 2.75) is 39.3 Å². The second kappa shape index (κ2) is 8.99. The van der Waals surface area contributed by atoms with Gasteiger partial charge in [0.2, 0.25) is 5.91 Å². The van der Waals surface area contributed by atoms with Gasteiger partial charge in [0.15, 0.2) is 0 Å². The Morgan fingerprint density at radius 1 is 1.43 bits per heavy atom. The molecule has 1 unspecified atom stereocenters. The first-order valence-corrected chi connectivity index (χ1v) is 8.33. The molecule has 0 spiro atoms. The molecule has 1 aromatic rings. The van der Waals surface area contributed by atoms with Crippen LogP contribution in [0.25, 0.3) is 0 Å². The van der Waals surface area contributed by atoms with Crippen LogP contribution in [0.15, 0.2) is 18.2 Å². The van der Waals surface area contributed by atoms with Crippen molar-refractivity contribution in [2.24, 2.45) is 11.8 Å². The topological polar surface area (TPSA) is 50.4 Å². The van der Waals surface area contributed by atoms with Crippen molar-refractivity contribution in [1.82, 2.24) is 10.6 Å². The highest BCUT2D eigenvalue weighted by Gasteiger charge is 2.21. The van der Waals surface area contributed by atoms with E-state index in [1.54, 1.807) is 12.1 Å². The van der Waals surface area contributed by atoms with E-state index in [-0.39, 0.29) is 18.3 Å². The first-order chi connectivity index (χ1) is 11.1. The van der Waals surface area contributed by atoms with E-state index in [0.717, 1.165) is 31.5 Å². The number of piperidine rings is 1. The van der Waals surface area contributed by atoms with Crippen LogP contribution in [-0.4, -0.2) is 26.1 Å². The Hall–Kier alpha value is -1.46. The maximum atomic E-state index is 13.6.